The Morgan fingerprint density at radius 2 is 1.97 bits per heavy atom. The van der Waals surface area contributed by atoms with Gasteiger partial charge in [-0.05, 0) is 37.1 Å². The lowest BCUT2D eigenvalue weighted by atomic mass is 10.1. The molecule has 29 heavy (non-hydrogen) atoms. The van der Waals surface area contributed by atoms with E-state index in [0.717, 1.165) is 56.2 Å². The number of nitrogens with one attached hydrogen (secondary N) is 3. The van der Waals surface area contributed by atoms with Gasteiger partial charge in [-0.1, -0.05) is 18.9 Å². The van der Waals surface area contributed by atoms with Gasteiger partial charge in [0.05, 0.1) is 4.88 Å². The molecule has 2 fully saturated rings. The van der Waals surface area contributed by atoms with E-state index in [1.54, 1.807) is 7.05 Å². The molecule has 1 atom stereocenters. The van der Waals surface area contributed by atoms with E-state index < -0.39 is 0 Å². The second-order valence-corrected chi connectivity index (χ2v) is 8.43. The third-order valence-electron chi connectivity index (χ3n) is 5.45. The molecular formula is C20H32IN5O2S. The van der Waals surface area contributed by atoms with Crippen molar-refractivity contribution in [3.8, 4) is 0 Å². The van der Waals surface area contributed by atoms with Crippen molar-refractivity contribution in [2.45, 2.75) is 44.6 Å². The number of hydrogen-bond acceptors (Lipinski definition) is 4. The maximum Gasteiger partial charge on any atom is 0.261 e. The lowest BCUT2D eigenvalue weighted by Gasteiger charge is -2.21. The summed E-state index contributed by atoms with van der Waals surface area (Å²) in [5.41, 5.74) is 0. The molecule has 1 unspecified atom stereocenters. The van der Waals surface area contributed by atoms with Crippen molar-refractivity contribution in [2.24, 2.45) is 10.9 Å². The third kappa shape index (κ3) is 7.13. The smallest absolute Gasteiger partial charge is 0.261 e. The van der Waals surface area contributed by atoms with Crippen LogP contribution in [0.2, 0.25) is 0 Å². The number of carbonyl (C=O) groups excluding carboxylic acids is 2. The zero-order chi connectivity index (χ0) is 19.8. The fourth-order valence-corrected chi connectivity index (χ4v) is 4.53. The van der Waals surface area contributed by atoms with Crippen molar-refractivity contribution in [1.82, 2.24) is 20.9 Å². The normalized spacial score (nSPS) is 19.7. The molecule has 9 heteroatoms. The highest BCUT2D eigenvalue weighted by atomic mass is 127. The number of likely N-dealkylation sites (tertiary alicyclic amines) is 1. The number of hydrogen-bond donors (Lipinski definition) is 3. The molecule has 0 spiro atoms. The van der Waals surface area contributed by atoms with Gasteiger partial charge in [-0.15, -0.1) is 35.3 Å². The molecule has 3 N–H and O–H groups in total. The average Bonchev–Trinajstić information content (AvgIpc) is 3.48. The van der Waals surface area contributed by atoms with Gasteiger partial charge in [-0.3, -0.25) is 14.6 Å². The summed E-state index contributed by atoms with van der Waals surface area (Å²) < 4.78 is 0. The van der Waals surface area contributed by atoms with Crippen molar-refractivity contribution in [3.63, 3.8) is 0 Å². The van der Waals surface area contributed by atoms with E-state index in [2.05, 4.69) is 20.9 Å². The Morgan fingerprint density at radius 3 is 2.66 bits per heavy atom. The van der Waals surface area contributed by atoms with Crippen LogP contribution in [0, 0.1) is 5.92 Å². The summed E-state index contributed by atoms with van der Waals surface area (Å²) in [5, 5.41) is 11.5. The van der Waals surface area contributed by atoms with E-state index in [-0.39, 0.29) is 41.8 Å². The molecule has 0 bridgehead atoms. The van der Waals surface area contributed by atoms with Crippen LogP contribution in [0.15, 0.2) is 22.5 Å². The Kier molecular flexibility index (Phi) is 10.2. The van der Waals surface area contributed by atoms with E-state index in [9.17, 15) is 9.59 Å². The van der Waals surface area contributed by atoms with Gasteiger partial charge in [0.15, 0.2) is 5.96 Å². The van der Waals surface area contributed by atoms with Gasteiger partial charge >= 0.3 is 0 Å². The predicted octanol–water partition coefficient (Wildman–Crippen LogP) is 2.44. The van der Waals surface area contributed by atoms with Crippen LogP contribution in [0.3, 0.4) is 0 Å². The van der Waals surface area contributed by atoms with Gasteiger partial charge in [0.1, 0.15) is 0 Å². The zero-order valence-electron chi connectivity index (χ0n) is 17.0. The van der Waals surface area contributed by atoms with Crippen molar-refractivity contribution in [1.29, 1.82) is 0 Å². The first-order chi connectivity index (χ1) is 13.7. The van der Waals surface area contributed by atoms with Crippen LogP contribution < -0.4 is 16.0 Å². The zero-order valence-corrected chi connectivity index (χ0v) is 20.1. The molecule has 1 aliphatic carbocycles. The van der Waals surface area contributed by atoms with Crippen LogP contribution in [0.5, 0.6) is 0 Å². The summed E-state index contributed by atoms with van der Waals surface area (Å²) in [7, 11) is 1.75. The minimum atomic E-state index is -0.0181. The average molecular weight is 533 g/mol. The number of thiophene rings is 1. The van der Waals surface area contributed by atoms with Gasteiger partial charge in [0.2, 0.25) is 5.91 Å². The summed E-state index contributed by atoms with van der Waals surface area (Å²) in [4.78, 5) is 31.5. The van der Waals surface area contributed by atoms with Crippen LogP contribution in [0.4, 0.5) is 0 Å². The summed E-state index contributed by atoms with van der Waals surface area (Å²) in [6.45, 7) is 2.93. The van der Waals surface area contributed by atoms with Gasteiger partial charge in [0, 0.05) is 45.2 Å². The van der Waals surface area contributed by atoms with Crippen molar-refractivity contribution in [2.75, 3.05) is 33.2 Å². The Hall–Kier alpha value is -1.36. The number of halogens is 1. The maximum atomic E-state index is 12.6. The monoisotopic (exact) mass is 533 g/mol. The largest absolute Gasteiger partial charge is 0.356 e. The molecule has 2 aliphatic rings. The molecule has 1 saturated carbocycles. The molecule has 2 amide bonds. The molecule has 1 aromatic heterocycles. The summed E-state index contributed by atoms with van der Waals surface area (Å²) in [6.07, 6.45) is 6.26. The van der Waals surface area contributed by atoms with E-state index >= 15 is 0 Å². The summed E-state index contributed by atoms with van der Waals surface area (Å²) in [5.74, 6) is 1.33. The fraction of sp³-hybridized carbons (Fsp3) is 0.650. The Balaban J connectivity index is 0.00000300. The lowest BCUT2D eigenvalue weighted by Crippen LogP contribution is -2.46. The first kappa shape index (κ1) is 23.9. The molecule has 7 nitrogen and oxygen atoms in total. The molecule has 0 aromatic carbocycles. The van der Waals surface area contributed by atoms with Crippen molar-refractivity contribution in [3.05, 3.63) is 22.4 Å². The number of aliphatic imine (C=N–C) groups is 1. The number of guanidine groups is 1. The Morgan fingerprint density at radius 1 is 1.21 bits per heavy atom. The second kappa shape index (κ2) is 12.4. The minimum absolute atomic E-state index is 0. The highest BCUT2D eigenvalue weighted by Crippen LogP contribution is 2.27. The van der Waals surface area contributed by atoms with Gasteiger partial charge in [-0.2, -0.15) is 0 Å². The van der Waals surface area contributed by atoms with E-state index in [0.29, 0.717) is 12.5 Å². The number of amides is 2. The van der Waals surface area contributed by atoms with Crippen LogP contribution in [0.25, 0.3) is 0 Å². The Bertz CT molecular complexity index is 676. The molecule has 162 valence electrons. The lowest BCUT2D eigenvalue weighted by molar-refractivity contribution is -0.134. The topological polar surface area (TPSA) is 85.8 Å². The fourth-order valence-electron chi connectivity index (χ4n) is 3.89. The van der Waals surface area contributed by atoms with E-state index in [1.807, 2.05) is 22.4 Å². The summed E-state index contributed by atoms with van der Waals surface area (Å²) >= 11 is 1.45. The van der Waals surface area contributed by atoms with Crippen LogP contribution >= 0.6 is 35.3 Å². The van der Waals surface area contributed by atoms with Crippen LogP contribution in [0.1, 0.15) is 48.2 Å². The van der Waals surface area contributed by atoms with Gasteiger partial charge in [-0.25, -0.2) is 0 Å². The van der Waals surface area contributed by atoms with Gasteiger partial charge in [0.25, 0.3) is 5.91 Å². The van der Waals surface area contributed by atoms with Crippen molar-refractivity contribution < 1.29 is 9.59 Å². The Labute approximate surface area is 194 Å². The molecule has 1 aliphatic heterocycles. The van der Waals surface area contributed by atoms with Crippen molar-refractivity contribution >= 4 is 53.1 Å². The molecule has 3 rings (SSSR count). The molecule has 0 radical (unpaired) electrons. The molecule has 1 aromatic rings. The maximum absolute atomic E-state index is 12.6. The first-order valence-corrected chi connectivity index (χ1v) is 11.1. The quantitative estimate of drug-likeness (QED) is 0.218. The highest BCUT2D eigenvalue weighted by Gasteiger charge is 2.32. The highest BCUT2D eigenvalue weighted by molar-refractivity contribution is 14.0. The first-order valence-electron chi connectivity index (χ1n) is 10.2. The molecule has 1 saturated heterocycles. The molecule has 2 heterocycles. The number of nitrogens with zero attached hydrogens (tertiary/aromatic N) is 2. The predicted molar refractivity (Wildman–Crippen MR) is 128 cm³/mol. The standard InChI is InChI=1S/C20H31N5O2S.HI/c1-21-20(23-11-5-10-22-18(26)17-8-4-13-28-17)24-16-9-12-25(14-16)19(27)15-6-2-3-7-15;/h4,8,13,15-16H,2-3,5-7,9-12,14H2,1H3,(H,22,26)(H2,21,23,24);1H. The summed E-state index contributed by atoms with van der Waals surface area (Å²) in [6, 6.07) is 3.95. The SMILES string of the molecule is CN=C(NCCCNC(=O)c1cccs1)NC1CCN(C(=O)C2CCCC2)C1.I. The van der Waals surface area contributed by atoms with E-state index in [1.165, 1.54) is 24.2 Å². The molecular weight excluding hydrogens is 501 g/mol. The third-order valence-corrected chi connectivity index (χ3v) is 6.31. The second-order valence-electron chi connectivity index (χ2n) is 7.48. The number of rotatable bonds is 7. The van der Waals surface area contributed by atoms with Crippen LogP contribution in [-0.4, -0.2) is 61.9 Å². The van der Waals surface area contributed by atoms with E-state index in [4.69, 9.17) is 0 Å². The number of carbonyl (C=O) groups is 2. The van der Waals surface area contributed by atoms with Gasteiger partial charge < -0.3 is 20.9 Å². The van der Waals surface area contributed by atoms with Crippen LogP contribution in [-0.2, 0) is 4.79 Å². The minimum Gasteiger partial charge on any atom is -0.356 e.